The van der Waals surface area contributed by atoms with E-state index >= 15 is 0 Å². The van der Waals surface area contributed by atoms with E-state index in [1.54, 1.807) is 12.4 Å². The molecule has 3 aromatic rings. The maximum absolute atomic E-state index is 12.6. The zero-order valence-corrected chi connectivity index (χ0v) is 17.0. The van der Waals surface area contributed by atoms with Gasteiger partial charge >= 0.3 is 0 Å². The second-order valence-corrected chi connectivity index (χ2v) is 8.22. The van der Waals surface area contributed by atoms with Crippen molar-refractivity contribution in [1.29, 1.82) is 0 Å². The molecule has 3 aromatic heterocycles. The van der Waals surface area contributed by atoms with Gasteiger partial charge in [0.1, 0.15) is 5.82 Å². The Morgan fingerprint density at radius 2 is 2.13 bits per heavy atom. The number of carbonyl (C=O) groups excluding carboxylic acids is 1. The maximum Gasteiger partial charge on any atom is 0.223 e. The molecule has 1 unspecified atom stereocenters. The highest BCUT2D eigenvalue weighted by Gasteiger charge is 2.26. The molecule has 1 fully saturated rings. The molecule has 1 amide bonds. The molecule has 30 heavy (non-hydrogen) atoms. The van der Waals surface area contributed by atoms with Gasteiger partial charge < -0.3 is 15.2 Å². The van der Waals surface area contributed by atoms with Crippen molar-refractivity contribution >= 4 is 22.8 Å². The minimum absolute atomic E-state index is 0.300. The zero-order valence-electron chi connectivity index (χ0n) is 17.0. The molecule has 0 bridgehead atoms. The molecule has 4 heterocycles. The summed E-state index contributed by atoms with van der Waals surface area (Å²) in [5.41, 5.74) is 1.87. The summed E-state index contributed by atoms with van der Waals surface area (Å²) in [6.45, 7) is 2.22. The lowest BCUT2D eigenvalue weighted by Crippen LogP contribution is -2.38. The van der Waals surface area contributed by atoms with Crippen molar-refractivity contribution < 1.29 is 4.79 Å². The van der Waals surface area contributed by atoms with Gasteiger partial charge in [0.05, 0.1) is 11.9 Å². The minimum Gasteiger partial charge on any atom is -0.361 e. The van der Waals surface area contributed by atoms with Crippen LogP contribution in [0.2, 0.25) is 0 Å². The molecule has 1 saturated heterocycles. The third-order valence-corrected chi connectivity index (χ3v) is 6.24. The van der Waals surface area contributed by atoms with Crippen molar-refractivity contribution in [2.24, 2.45) is 5.92 Å². The second-order valence-electron chi connectivity index (χ2n) is 8.22. The number of anilines is 1. The van der Waals surface area contributed by atoms with Gasteiger partial charge in [0, 0.05) is 43.5 Å². The van der Waals surface area contributed by atoms with Crippen LogP contribution in [0.15, 0.2) is 36.7 Å². The fourth-order valence-electron chi connectivity index (χ4n) is 4.49. The SMILES string of the molecule is O=C(CC1C=CCC1)N1CCC(c2ccc3c(NCc4ncc[nH]4)n[nH]c3n2)CC1. The van der Waals surface area contributed by atoms with Crippen LogP contribution in [0.1, 0.15) is 49.5 Å². The largest absolute Gasteiger partial charge is 0.361 e. The second kappa shape index (κ2) is 8.30. The first-order valence-electron chi connectivity index (χ1n) is 10.8. The minimum atomic E-state index is 0.300. The van der Waals surface area contributed by atoms with Gasteiger partial charge in [-0.25, -0.2) is 9.97 Å². The zero-order chi connectivity index (χ0) is 20.3. The third-order valence-electron chi connectivity index (χ3n) is 6.24. The number of pyridine rings is 1. The lowest BCUT2D eigenvalue weighted by Gasteiger charge is -2.32. The highest BCUT2D eigenvalue weighted by molar-refractivity contribution is 5.87. The van der Waals surface area contributed by atoms with E-state index in [0.29, 0.717) is 30.7 Å². The van der Waals surface area contributed by atoms with Crippen LogP contribution in [0.5, 0.6) is 0 Å². The first kappa shape index (κ1) is 18.8. The summed E-state index contributed by atoms with van der Waals surface area (Å²) >= 11 is 0. The van der Waals surface area contributed by atoms with E-state index in [4.69, 9.17) is 4.98 Å². The van der Waals surface area contributed by atoms with Crippen LogP contribution in [0.3, 0.4) is 0 Å². The van der Waals surface area contributed by atoms with Crippen LogP contribution in [0, 0.1) is 5.92 Å². The maximum atomic E-state index is 12.6. The molecule has 2 aliphatic rings. The van der Waals surface area contributed by atoms with E-state index < -0.39 is 0 Å². The molecule has 3 N–H and O–H groups in total. The molecule has 156 valence electrons. The van der Waals surface area contributed by atoms with E-state index in [-0.39, 0.29) is 0 Å². The molecule has 0 radical (unpaired) electrons. The highest BCUT2D eigenvalue weighted by Crippen LogP contribution is 2.30. The van der Waals surface area contributed by atoms with Crippen LogP contribution in [-0.4, -0.2) is 49.0 Å². The molecule has 1 atom stereocenters. The normalized spacial score (nSPS) is 19.6. The summed E-state index contributed by atoms with van der Waals surface area (Å²) in [5, 5.41) is 11.7. The Morgan fingerprint density at radius 3 is 2.90 bits per heavy atom. The molecular weight excluding hydrogens is 378 g/mol. The predicted molar refractivity (Wildman–Crippen MR) is 115 cm³/mol. The van der Waals surface area contributed by atoms with Crippen LogP contribution in [-0.2, 0) is 11.3 Å². The lowest BCUT2D eigenvalue weighted by molar-refractivity contribution is -0.132. The van der Waals surface area contributed by atoms with Gasteiger partial charge in [0.15, 0.2) is 11.5 Å². The monoisotopic (exact) mass is 405 g/mol. The third kappa shape index (κ3) is 3.94. The molecular formula is C22H27N7O. The average molecular weight is 406 g/mol. The number of nitrogens with zero attached hydrogens (tertiary/aromatic N) is 4. The van der Waals surface area contributed by atoms with E-state index in [1.807, 2.05) is 4.90 Å². The highest BCUT2D eigenvalue weighted by atomic mass is 16.2. The standard InChI is InChI=1S/C22H27N7O/c30-20(13-15-3-1-2-4-15)29-11-7-16(8-12-29)18-6-5-17-21(27-28-22(17)26-18)25-14-19-23-9-10-24-19/h1,3,5-6,9-10,15-16H,2,4,7-8,11-14H2,(H,23,24)(H2,25,26,27,28). The number of fused-ring (bicyclic) bond motifs is 1. The van der Waals surface area contributed by atoms with Gasteiger partial charge in [-0.05, 0) is 43.7 Å². The van der Waals surface area contributed by atoms with Gasteiger partial charge in [-0.3, -0.25) is 9.89 Å². The number of amides is 1. The lowest BCUT2D eigenvalue weighted by atomic mass is 9.92. The van der Waals surface area contributed by atoms with Crippen LogP contribution in [0.25, 0.3) is 11.0 Å². The van der Waals surface area contributed by atoms with E-state index in [1.165, 1.54) is 0 Å². The van der Waals surface area contributed by atoms with E-state index in [2.05, 4.69) is 49.8 Å². The van der Waals surface area contributed by atoms with Gasteiger partial charge in [-0.1, -0.05) is 12.2 Å². The van der Waals surface area contributed by atoms with Gasteiger partial charge in [-0.15, -0.1) is 0 Å². The Bertz CT molecular complexity index is 1030. The van der Waals surface area contributed by atoms with Gasteiger partial charge in [0.2, 0.25) is 5.91 Å². The molecule has 8 heteroatoms. The van der Waals surface area contributed by atoms with Gasteiger partial charge in [-0.2, -0.15) is 5.10 Å². The number of carbonyl (C=O) groups is 1. The Hall–Kier alpha value is -3.16. The first-order chi connectivity index (χ1) is 14.8. The number of piperidine rings is 1. The van der Waals surface area contributed by atoms with Crippen LogP contribution >= 0.6 is 0 Å². The molecule has 5 rings (SSSR count). The van der Waals surface area contributed by atoms with Crippen molar-refractivity contribution in [2.75, 3.05) is 18.4 Å². The summed E-state index contributed by atoms with van der Waals surface area (Å²) in [5.74, 6) is 2.76. The summed E-state index contributed by atoms with van der Waals surface area (Å²) < 4.78 is 0. The number of nitrogens with one attached hydrogen (secondary N) is 3. The quantitative estimate of drug-likeness (QED) is 0.546. The molecule has 0 saturated carbocycles. The topological polar surface area (TPSA) is 103 Å². The molecule has 1 aliphatic carbocycles. The van der Waals surface area contributed by atoms with Crippen molar-refractivity contribution in [3.63, 3.8) is 0 Å². The van der Waals surface area contributed by atoms with Crippen molar-refractivity contribution in [3.8, 4) is 0 Å². The number of aromatic amines is 2. The summed E-state index contributed by atoms with van der Waals surface area (Å²) in [6.07, 6.45) is 12.7. The summed E-state index contributed by atoms with van der Waals surface area (Å²) in [6, 6.07) is 4.18. The molecule has 8 nitrogen and oxygen atoms in total. The number of rotatable bonds is 6. The Kier molecular flexibility index (Phi) is 5.21. The van der Waals surface area contributed by atoms with Crippen molar-refractivity contribution in [1.82, 2.24) is 30.0 Å². The van der Waals surface area contributed by atoms with E-state index in [9.17, 15) is 4.79 Å². The number of hydrogen-bond donors (Lipinski definition) is 3. The summed E-state index contributed by atoms with van der Waals surface area (Å²) in [7, 11) is 0. The van der Waals surface area contributed by atoms with Crippen LogP contribution < -0.4 is 5.32 Å². The number of allylic oxidation sites excluding steroid dienone is 2. The molecule has 0 aromatic carbocycles. The number of hydrogen-bond acceptors (Lipinski definition) is 5. The Morgan fingerprint density at radius 1 is 1.23 bits per heavy atom. The molecule has 1 aliphatic heterocycles. The Labute approximate surface area is 175 Å². The van der Waals surface area contributed by atoms with Crippen molar-refractivity contribution in [3.05, 3.63) is 48.2 Å². The molecule has 0 spiro atoms. The Balaban J connectivity index is 1.19. The van der Waals surface area contributed by atoms with Crippen LogP contribution in [0.4, 0.5) is 5.82 Å². The summed E-state index contributed by atoms with van der Waals surface area (Å²) in [4.78, 5) is 26.7. The first-order valence-corrected chi connectivity index (χ1v) is 10.8. The fourth-order valence-corrected chi connectivity index (χ4v) is 4.49. The smallest absolute Gasteiger partial charge is 0.223 e. The fraction of sp³-hybridized carbons (Fsp3) is 0.455. The number of likely N-dealkylation sites (tertiary alicyclic amines) is 1. The van der Waals surface area contributed by atoms with Crippen molar-refractivity contribution in [2.45, 2.75) is 44.6 Å². The number of H-pyrrole nitrogens is 2. The average Bonchev–Trinajstić information content (AvgIpc) is 3.54. The van der Waals surface area contributed by atoms with Gasteiger partial charge in [0.25, 0.3) is 0 Å². The number of aromatic nitrogens is 5. The predicted octanol–water partition coefficient (Wildman–Crippen LogP) is 3.36. The van der Waals surface area contributed by atoms with E-state index in [0.717, 1.165) is 67.1 Å². The number of imidazole rings is 1.